The van der Waals surface area contributed by atoms with Crippen LogP contribution in [0, 0.1) is 0 Å². The third kappa shape index (κ3) is 5.67. The van der Waals surface area contributed by atoms with Gasteiger partial charge in [-0.25, -0.2) is 5.43 Å². The minimum Gasteiger partial charge on any atom is -0.321 e. The standard InChI is InChI=1S/C21H14BrCl2N3O2/c22-14-7-5-13(6-8-14)12-25-27-21(29)17-3-1-2-4-19(17)26-20(28)16-10-9-15(23)11-18(16)24/h1-12H,(H,26,28)(H,27,29)/b25-12-. The molecular weight excluding hydrogens is 477 g/mol. The Morgan fingerprint density at radius 2 is 1.62 bits per heavy atom. The van der Waals surface area contributed by atoms with E-state index >= 15 is 0 Å². The van der Waals surface area contributed by atoms with Crippen molar-refractivity contribution in [2.45, 2.75) is 0 Å². The number of halogens is 3. The Kier molecular flexibility index (Phi) is 7.04. The molecule has 146 valence electrons. The van der Waals surface area contributed by atoms with Crippen LogP contribution >= 0.6 is 39.1 Å². The van der Waals surface area contributed by atoms with Gasteiger partial charge in [0.15, 0.2) is 0 Å². The zero-order valence-corrected chi connectivity index (χ0v) is 17.9. The molecule has 2 amide bonds. The van der Waals surface area contributed by atoms with Crippen LogP contribution in [-0.2, 0) is 0 Å². The Bertz CT molecular complexity index is 1090. The number of amides is 2. The Morgan fingerprint density at radius 3 is 2.34 bits per heavy atom. The van der Waals surface area contributed by atoms with Gasteiger partial charge in [0.05, 0.1) is 28.1 Å². The molecule has 0 bridgehead atoms. The highest BCUT2D eigenvalue weighted by molar-refractivity contribution is 9.10. The number of hydrazone groups is 1. The fourth-order valence-corrected chi connectivity index (χ4v) is 3.19. The van der Waals surface area contributed by atoms with E-state index in [4.69, 9.17) is 23.2 Å². The zero-order valence-electron chi connectivity index (χ0n) is 14.8. The van der Waals surface area contributed by atoms with Crippen LogP contribution in [0.25, 0.3) is 0 Å². The second kappa shape index (κ2) is 9.69. The summed E-state index contributed by atoms with van der Waals surface area (Å²) in [4.78, 5) is 25.1. The first kappa shape index (κ1) is 21.0. The van der Waals surface area contributed by atoms with E-state index in [1.54, 1.807) is 30.3 Å². The van der Waals surface area contributed by atoms with E-state index in [2.05, 4.69) is 31.8 Å². The van der Waals surface area contributed by atoms with Crippen LogP contribution in [0.5, 0.6) is 0 Å². The highest BCUT2D eigenvalue weighted by atomic mass is 79.9. The molecule has 5 nitrogen and oxygen atoms in total. The quantitative estimate of drug-likeness (QED) is 0.352. The van der Waals surface area contributed by atoms with Gasteiger partial charge in [0, 0.05) is 9.50 Å². The summed E-state index contributed by atoms with van der Waals surface area (Å²) >= 11 is 15.3. The number of hydrogen-bond acceptors (Lipinski definition) is 3. The van der Waals surface area contributed by atoms with Gasteiger partial charge in [-0.05, 0) is 48.0 Å². The normalized spacial score (nSPS) is 10.7. The van der Waals surface area contributed by atoms with Crippen LogP contribution in [0.2, 0.25) is 10.0 Å². The number of benzene rings is 3. The Hall–Kier alpha value is -2.67. The molecule has 0 aromatic heterocycles. The van der Waals surface area contributed by atoms with Crippen LogP contribution in [0.1, 0.15) is 26.3 Å². The van der Waals surface area contributed by atoms with E-state index in [1.807, 2.05) is 24.3 Å². The van der Waals surface area contributed by atoms with Crippen LogP contribution in [0.3, 0.4) is 0 Å². The van der Waals surface area contributed by atoms with Crippen LogP contribution in [0.4, 0.5) is 5.69 Å². The molecule has 2 N–H and O–H groups in total. The molecule has 3 aromatic rings. The van der Waals surface area contributed by atoms with Crippen molar-refractivity contribution in [1.29, 1.82) is 0 Å². The molecular formula is C21H14BrCl2N3O2. The number of carbonyl (C=O) groups is 2. The fraction of sp³-hybridized carbons (Fsp3) is 0. The lowest BCUT2D eigenvalue weighted by Crippen LogP contribution is -2.21. The summed E-state index contributed by atoms with van der Waals surface area (Å²) in [6.45, 7) is 0. The van der Waals surface area contributed by atoms with Crippen LogP contribution in [-0.4, -0.2) is 18.0 Å². The average molecular weight is 491 g/mol. The molecule has 0 fully saturated rings. The van der Waals surface area contributed by atoms with Gasteiger partial charge in [-0.15, -0.1) is 0 Å². The molecule has 0 radical (unpaired) electrons. The van der Waals surface area contributed by atoms with Crippen molar-refractivity contribution < 1.29 is 9.59 Å². The molecule has 0 saturated heterocycles. The monoisotopic (exact) mass is 489 g/mol. The minimum absolute atomic E-state index is 0.219. The zero-order chi connectivity index (χ0) is 20.8. The maximum atomic E-state index is 12.5. The van der Waals surface area contributed by atoms with Gasteiger partial charge in [-0.3, -0.25) is 9.59 Å². The third-order valence-corrected chi connectivity index (χ3v) is 4.92. The van der Waals surface area contributed by atoms with Gasteiger partial charge in [-0.2, -0.15) is 5.10 Å². The fourth-order valence-electron chi connectivity index (χ4n) is 2.43. The lowest BCUT2D eigenvalue weighted by Gasteiger charge is -2.11. The van der Waals surface area contributed by atoms with Gasteiger partial charge in [-0.1, -0.05) is 63.4 Å². The van der Waals surface area contributed by atoms with E-state index in [9.17, 15) is 9.59 Å². The molecule has 29 heavy (non-hydrogen) atoms. The maximum absolute atomic E-state index is 12.5. The molecule has 0 saturated carbocycles. The molecule has 3 rings (SSSR count). The average Bonchev–Trinajstić information content (AvgIpc) is 2.69. The highest BCUT2D eigenvalue weighted by Gasteiger charge is 2.15. The summed E-state index contributed by atoms with van der Waals surface area (Å²) in [6, 6.07) is 18.6. The van der Waals surface area contributed by atoms with E-state index in [1.165, 1.54) is 18.3 Å². The van der Waals surface area contributed by atoms with E-state index in [-0.39, 0.29) is 16.1 Å². The molecule has 0 unspecified atom stereocenters. The van der Waals surface area contributed by atoms with Gasteiger partial charge >= 0.3 is 0 Å². The number of hydrogen-bond donors (Lipinski definition) is 2. The van der Waals surface area contributed by atoms with E-state index in [0.29, 0.717) is 10.7 Å². The van der Waals surface area contributed by atoms with Crippen molar-refractivity contribution in [2.24, 2.45) is 5.10 Å². The van der Waals surface area contributed by atoms with Crippen LogP contribution in [0.15, 0.2) is 76.3 Å². The van der Waals surface area contributed by atoms with Gasteiger partial charge in [0.1, 0.15) is 0 Å². The summed E-state index contributed by atoms with van der Waals surface area (Å²) in [5, 5.41) is 7.30. The Morgan fingerprint density at radius 1 is 0.897 bits per heavy atom. The van der Waals surface area contributed by atoms with E-state index in [0.717, 1.165) is 10.0 Å². The van der Waals surface area contributed by atoms with Crippen LogP contribution < -0.4 is 10.7 Å². The summed E-state index contributed by atoms with van der Waals surface area (Å²) < 4.78 is 0.948. The number of anilines is 1. The molecule has 0 atom stereocenters. The highest BCUT2D eigenvalue weighted by Crippen LogP contribution is 2.23. The van der Waals surface area contributed by atoms with Crippen molar-refractivity contribution in [3.8, 4) is 0 Å². The van der Waals surface area contributed by atoms with Crippen molar-refractivity contribution in [2.75, 3.05) is 5.32 Å². The number of nitrogens with zero attached hydrogens (tertiary/aromatic N) is 1. The van der Waals surface area contributed by atoms with Gasteiger partial charge in [0.2, 0.25) is 0 Å². The first-order chi connectivity index (χ1) is 13.9. The van der Waals surface area contributed by atoms with Crippen molar-refractivity contribution in [3.05, 3.63) is 97.9 Å². The van der Waals surface area contributed by atoms with Gasteiger partial charge in [0.25, 0.3) is 11.8 Å². The molecule has 0 spiro atoms. The lowest BCUT2D eigenvalue weighted by molar-refractivity contribution is 0.0956. The largest absolute Gasteiger partial charge is 0.321 e. The molecule has 0 heterocycles. The van der Waals surface area contributed by atoms with Gasteiger partial charge < -0.3 is 5.32 Å². The number of rotatable bonds is 5. The minimum atomic E-state index is -0.462. The summed E-state index contributed by atoms with van der Waals surface area (Å²) in [5.74, 6) is -0.915. The molecule has 8 heteroatoms. The van der Waals surface area contributed by atoms with E-state index < -0.39 is 11.8 Å². The predicted octanol–water partition coefficient (Wildman–Crippen LogP) is 5.77. The Balaban J connectivity index is 1.73. The number of para-hydroxylation sites is 1. The SMILES string of the molecule is O=C(Nc1ccccc1C(=O)N/N=C\c1ccc(Br)cc1)c1ccc(Cl)cc1Cl. The number of carbonyl (C=O) groups excluding carboxylic acids is 2. The Labute approximate surface area is 185 Å². The van der Waals surface area contributed by atoms with Crippen molar-refractivity contribution >= 4 is 62.8 Å². The molecule has 0 aliphatic carbocycles. The second-order valence-electron chi connectivity index (χ2n) is 5.87. The maximum Gasteiger partial charge on any atom is 0.273 e. The summed E-state index contributed by atoms with van der Waals surface area (Å²) in [6.07, 6.45) is 1.53. The predicted molar refractivity (Wildman–Crippen MR) is 120 cm³/mol. The number of nitrogens with one attached hydrogen (secondary N) is 2. The second-order valence-corrected chi connectivity index (χ2v) is 7.63. The van der Waals surface area contributed by atoms with Crippen molar-refractivity contribution in [3.63, 3.8) is 0 Å². The third-order valence-electron chi connectivity index (χ3n) is 3.85. The first-order valence-corrected chi connectivity index (χ1v) is 9.93. The first-order valence-electron chi connectivity index (χ1n) is 8.38. The smallest absolute Gasteiger partial charge is 0.273 e. The lowest BCUT2D eigenvalue weighted by atomic mass is 10.1. The summed E-state index contributed by atoms with van der Waals surface area (Å²) in [5.41, 5.74) is 4.13. The molecule has 3 aromatic carbocycles. The molecule has 0 aliphatic rings. The summed E-state index contributed by atoms with van der Waals surface area (Å²) in [7, 11) is 0. The topological polar surface area (TPSA) is 70.6 Å². The molecule has 0 aliphatic heterocycles. The van der Waals surface area contributed by atoms with Crippen molar-refractivity contribution in [1.82, 2.24) is 5.43 Å².